The summed E-state index contributed by atoms with van der Waals surface area (Å²) in [5.74, 6) is 2.21. The zero-order valence-electron chi connectivity index (χ0n) is 8.20. The Balaban J connectivity index is 4.46. The third kappa shape index (κ3) is 3.72. The summed E-state index contributed by atoms with van der Waals surface area (Å²) < 4.78 is 0. The predicted molar refractivity (Wildman–Crippen MR) is 62.4 cm³/mol. The number of amidine groups is 1. The number of hydrogen-bond acceptors (Lipinski definition) is 3. The van der Waals surface area contributed by atoms with E-state index in [4.69, 9.17) is 0 Å². The molecule has 0 saturated heterocycles. The van der Waals surface area contributed by atoms with Crippen molar-refractivity contribution in [3.05, 3.63) is 0 Å². The summed E-state index contributed by atoms with van der Waals surface area (Å²) in [7, 11) is 0. The molecule has 0 aliphatic rings. The molecule has 0 aromatic rings. The Bertz CT molecular complexity index is 161. The molecule has 2 nitrogen and oxygen atoms in total. The highest BCUT2D eigenvalue weighted by atomic mass is 32.1. The summed E-state index contributed by atoms with van der Waals surface area (Å²) in [6.07, 6.45) is 0. The van der Waals surface area contributed by atoms with Crippen LogP contribution in [0.3, 0.4) is 0 Å². The third-order valence-corrected chi connectivity index (χ3v) is 2.07. The Morgan fingerprint density at radius 3 is 2.08 bits per heavy atom. The molecule has 0 saturated carbocycles. The van der Waals surface area contributed by atoms with E-state index in [0.717, 1.165) is 5.84 Å². The first kappa shape index (κ1) is 12.2. The molecule has 0 rings (SSSR count). The molecule has 0 aromatic heterocycles. The van der Waals surface area contributed by atoms with E-state index in [0.29, 0.717) is 11.8 Å². The molecule has 0 atom stereocenters. The van der Waals surface area contributed by atoms with Crippen LogP contribution in [0, 0.1) is 0 Å². The first-order chi connectivity index (χ1) is 5.43. The molecule has 0 spiro atoms. The average molecular weight is 206 g/mol. The monoisotopic (exact) mass is 206 g/mol. The number of thiol groups is 2. The van der Waals surface area contributed by atoms with Gasteiger partial charge in [0, 0.05) is 5.54 Å². The van der Waals surface area contributed by atoms with Crippen molar-refractivity contribution in [2.75, 3.05) is 11.8 Å². The molecule has 0 aliphatic carbocycles. The average Bonchev–Trinajstić information content (AvgIpc) is 1.85. The minimum Gasteiger partial charge on any atom is -0.347 e. The molecular weight excluding hydrogens is 188 g/mol. The molecular formula is C8H18N2S2. The van der Waals surface area contributed by atoms with Crippen LogP contribution in [0.15, 0.2) is 4.99 Å². The van der Waals surface area contributed by atoms with Gasteiger partial charge in [-0.3, -0.25) is 4.99 Å². The molecule has 72 valence electrons. The van der Waals surface area contributed by atoms with Gasteiger partial charge >= 0.3 is 0 Å². The molecule has 0 aliphatic heterocycles. The Labute approximate surface area is 86.3 Å². The van der Waals surface area contributed by atoms with Crippen molar-refractivity contribution >= 4 is 31.1 Å². The number of hydrogen-bond donors (Lipinski definition) is 2. The summed E-state index contributed by atoms with van der Waals surface area (Å²) in [6, 6.07) is 0. The van der Waals surface area contributed by atoms with Crippen LogP contribution in [0.5, 0.6) is 0 Å². The van der Waals surface area contributed by atoms with Crippen molar-refractivity contribution < 1.29 is 0 Å². The van der Waals surface area contributed by atoms with E-state index >= 15 is 0 Å². The fourth-order valence-electron chi connectivity index (χ4n) is 0.988. The maximum absolute atomic E-state index is 4.26. The summed E-state index contributed by atoms with van der Waals surface area (Å²) in [4.78, 5) is 6.35. The maximum Gasteiger partial charge on any atom is 0.0978 e. The highest BCUT2D eigenvalue weighted by Gasteiger charge is 2.20. The maximum atomic E-state index is 4.26. The predicted octanol–water partition coefficient (Wildman–Crippen LogP) is 2.28. The molecule has 0 radical (unpaired) electrons. The van der Waals surface area contributed by atoms with E-state index in [2.05, 4.69) is 55.9 Å². The van der Waals surface area contributed by atoms with Crippen LogP contribution >= 0.6 is 25.3 Å². The van der Waals surface area contributed by atoms with Gasteiger partial charge in [0.05, 0.1) is 17.6 Å². The summed E-state index contributed by atoms with van der Waals surface area (Å²) in [6.45, 7) is 8.40. The molecule has 0 fully saturated rings. The Morgan fingerprint density at radius 2 is 1.83 bits per heavy atom. The molecule has 4 heteroatoms. The second kappa shape index (κ2) is 5.02. The Hall–Kier alpha value is 0.170. The molecule has 0 bridgehead atoms. The van der Waals surface area contributed by atoms with Crippen molar-refractivity contribution in [1.82, 2.24) is 4.90 Å². The molecule has 0 amide bonds. The quantitative estimate of drug-likeness (QED) is 0.306. The summed E-state index contributed by atoms with van der Waals surface area (Å²) in [5, 5.41) is 0. The van der Waals surface area contributed by atoms with Gasteiger partial charge in [-0.15, -0.1) is 0 Å². The molecule has 0 aromatic carbocycles. The van der Waals surface area contributed by atoms with Gasteiger partial charge in [0.25, 0.3) is 0 Å². The first-order valence-electron chi connectivity index (χ1n) is 3.94. The van der Waals surface area contributed by atoms with Crippen LogP contribution in [0.2, 0.25) is 0 Å². The first-order valence-corrected chi connectivity index (χ1v) is 5.20. The van der Waals surface area contributed by atoms with Crippen LogP contribution in [0.4, 0.5) is 0 Å². The van der Waals surface area contributed by atoms with Crippen molar-refractivity contribution in [3.63, 3.8) is 0 Å². The molecule has 12 heavy (non-hydrogen) atoms. The van der Waals surface area contributed by atoms with Crippen LogP contribution in [0.1, 0.15) is 27.7 Å². The SMILES string of the molecule is CC(=NCS)N(CS)C(C)(C)C. The highest BCUT2D eigenvalue weighted by Crippen LogP contribution is 2.14. The van der Waals surface area contributed by atoms with E-state index in [9.17, 15) is 0 Å². The largest absolute Gasteiger partial charge is 0.347 e. The van der Waals surface area contributed by atoms with Crippen molar-refractivity contribution in [3.8, 4) is 0 Å². The van der Waals surface area contributed by atoms with E-state index in [1.54, 1.807) is 0 Å². The van der Waals surface area contributed by atoms with Crippen LogP contribution in [-0.4, -0.2) is 28.0 Å². The molecule has 0 N–H and O–H groups in total. The van der Waals surface area contributed by atoms with Gasteiger partial charge in [0.15, 0.2) is 0 Å². The number of nitrogens with zero attached hydrogens (tertiary/aromatic N) is 2. The van der Waals surface area contributed by atoms with Gasteiger partial charge in [0.2, 0.25) is 0 Å². The van der Waals surface area contributed by atoms with Crippen LogP contribution in [-0.2, 0) is 0 Å². The lowest BCUT2D eigenvalue weighted by Gasteiger charge is -2.35. The second-order valence-electron chi connectivity index (χ2n) is 3.59. The van der Waals surface area contributed by atoms with Gasteiger partial charge < -0.3 is 4.90 Å². The molecule has 0 unspecified atom stereocenters. The van der Waals surface area contributed by atoms with Gasteiger partial charge in [-0.25, -0.2) is 0 Å². The van der Waals surface area contributed by atoms with E-state index in [1.807, 2.05) is 6.92 Å². The highest BCUT2D eigenvalue weighted by molar-refractivity contribution is 7.80. The van der Waals surface area contributed by atoms with E-state index in [-0.39, 0.29) is 5.54 Å². The summed E-state index contributed by atoms with van der Waals surface area (Å²) >= 11 is 8.31. The Kier molecular flexibility index (Phi) is 5.09. The van der Waals surface area contributed by atoms with Crippen molar-refractivity contribution in [1.29, 1.82) is 0 Å². The topological polar surface area (TPSA) is 15.6 Å². The summed E-state index contributed by atoms with van der Waals surface area (Å²) in [5.41, 5.74) is 0.0816. The van der Waals surface area contributed by atoms with Gasteiger partial charge in [-0.05, 0) is 27.7 Å². The van der Waals surface area contributed by atoms with E-state index in [1.165, 1.54) is 0 Å². The lowest BCUT2D eigenvalue weighted by atomic mass is 10.1. The fourth-order valence-corrected chi connectivity index (χ4v) is 1.82. The smallest absolute Gasteiger partial charge is 0.0978 e. The Morgan fingerprint density at radius 1 is 1.33 bits per heavy atom. The fraction of sp³-hybridized carbons (Fsp3) is 0.875. The minimum absolute atomic E-state index is 0.0816. The normalized spacial score (nSPS) is 13.3. The third-order valence-electron chi connectivity index (χ3n) is 1.64. The lowest BCUT2D eigenvalue weighted by molar-refractivity contribution is 0.271. The molecule has 0 heterocycles. The van der Waals surface area contributed by atoms with Crippen LogP contribution < -0.4 is 0 Å². The van der Waals surface area contributed by atoms with Gasteiger partial charge in [0.1, 0.15) is 0 Å². The van der Waals surface area contributed by atoms with E-state index < -0.39 is 0 Å². The van der Waals surface area contributed by atoms with Gasteiger partial charge in [-0.1, -0.05) is 0 Å². The van der Waals surface area contributed by atoms with Crippen LogP contribution in [0.25, 0.3) is 0 Å². The second-order valence-corrected chi connectivity index (χ2v) is 4.15. The zero-order chi connectivity index (χ0) is 9.78. The van der Waals surface area contributed by atoms with Gasteiger partial charge in [-0.2, -0.15) is 25.3 Å². The van der Waals surface area contributed by atoms with Crippen molar-refractivity contribution in [2.45, 2.75) is 33.2 Å². The minimum atomic E-state index is 0.0816. The van der Waals surface area contributed by atoms with Crippen molar-refractivity contribution in [2.24, 2.45) is 4.99 Å². The lowest BCUT2D eigenvalue weighted by Crippen LogP contribution is -2.43. The number of rotatable bonds is 2. The number of aliphatic imine (C=N–C) groups is 1. The zero-order valence-corrected chi connectivity index (χ0v) is 9.99. The standard InChI is InChI=1S/C8H18N2S2/c1-7(9-5-11)10(6-12)8(2,3)4/h11-12H,5-6H2,1-4H3.